The van der Waals surface area contributed by atoms with Crippen LogP contribution in [0.25, 0.3) is 11.3 Å². The number of ether oxygens (including phenoxy) is 1. The molecule has 26 heavy (non-hydrogen) atoms. The summed E-state index contributed by atoms with van der Waals surface area (Å²) >= 11 is 0. The summed E-state index contributed by atoms with van der Waals surface area (Å²) in [7, 11) is 0. The molecule has 3 heteroatoms. The molecule has 0 radical (unpaired) electrons. The summed E-state index contributed by atoms with van der Waals surface area (Å²) in [6.45, 7) is 4.88. The fraction of sp³-hybridized carbons (Fsp3) is 0.565. The van der Waals surface area contributed by atoms with Gasteiger partial charge in [-0.15, -0.1) is 10.2 Å². The highest BCUT2D eigenvalue weighted by Gasteiger charge is 2.20. The molecule has 1 fully saturated rings. The van der Waals surface area contributed by atoms with Crippen molar-refractivity contribution in [2.24, 2.45) is 11.8 Å². The summed E-state index contributed by atoms with van der Waals surface area (Å²) < 4.78 is 5.35. The molecule has 3 rings (SSSR count). The average molecular weight is 353 g/mol. The minimum atomic E-state index is 0.585. The fourth-order valence-corrected chi connectivity index (χ4v) is 4.13. The monoisotopic (exact) mass is 352 g/mol. The first-order chi connectivity index (χ1) is 12.8. The Kier molecular flexibility index (Phi) is 7.04. The summed E-state index contributed by atoms with van der Waals surface area (Å²) in [5, 5.41) is 8.38. The van der Waals surface area contributed by atoms with E-state index in [-0.39, 0.29) is 0 Å². The summed E-state index contributed by atoms with van der Waals surface area (Å²) in [5.41, 5.74) is 3.45. The molecule has 0 N–H and O–H groups in total. The lowest BCUT2D eigenvalue weighted by Gasteiger charge is -2.28. The van der Waals surface area contributed by atoms with Gasteiger partial charge in [0.15, 0.2) is 0 Å². The van der Waals surface area contributed by atoms with E-state index in [1.807, 2.05) is 19.1 Å². The molecule has 1 aromatic carbocycles. The first-order valence-electron chi connectivity index (χ1n) is 10.3. The first-order valence-corrected chi connectivity index (χ1v) is 10.3. The van der Waals surface area contributed by atoms with Crippen molar-refractivity contribution >= 4 is 0 Å². The lowest BCUT2D eigenvalue weighted by atomic mass is 9.78. The summed E-state index contributed by atoms with van der Waals surface area (Å²) in [5.74, 6) is 2.52. The van der Waals surface area contributed by atoms with Gasteiger partial charge in [-0.25, -0.2) is 0 Å². The molecular weight excluding hydrogens is 320 g/mol. The number of nitrogens with zero attached hydrogens (tertiary/aromatic N) is 2. The zero-order valence-electron chi connectivity index (χ0n) is 16.3. The molecule has 1 aliphatic carbocycles. The topological polar surface area (TPSA) is 35.0 Å². The molecule has 0 saturated heterocycles. The zero-order chi connectivity index (χ0) is 18.2. The van der Waals surface area contributed by atoms with Gasteiger partial charge in [0, 0.05) is 11.6 Å². The molecule has 0 unspecified atom stereocenters. The first kappa shape index (κ1) is 18.9. The van der Waals surface area contributed by atoms with Crippen LogP contribution in [-0.2, 0) is 6.42 Å². The Morgan fingerprint density at radius 3 is 2.12 bits per heavy atom. The van der Waals surface area contributed by atoms with E-state index in [0.717, 1.165) is 23.1 Å². The predicted octanol–water partition coefficient (Wildman–Crippen LogP) is 6.08. The van der Waals surface area contributed by atoms with Crippen LogP contribution in [0.5, 0.6) is 5.88 Å². The smallest absolute Gasteiger partial charge is 0.233 e. The predicted molar refractivity (Wildman–Crippen MR) is 107 cm³/mol. The number of rotatable bonds is 8. The molecule has 0 bridgehead atoms. The maximum atomic E-state index is 5.35. The molecule has 0 atom stereocenters. The molecule has 0 amide bonds. The Balaban J connectivity index is 1.49. The lowest BCUT2D eigenvalue weighted by Crippen LogP contribution is -2.15. The van der Waals surface area contributed by atoms with Crippen molar-refractivity contribution in [1.29, 1.82) is 0 Å². The number of aryl methyl sites for hydroxylation is 1. The van der Waals surface area contributed by atoms with Crippen molar-refractivity contribution in [2.45, 2.75) is 65.2 Å². The van der Waals surface area contributed by atoms with E-state index in [9.17, 15) is 0 Å². The van der Waals surface area contributed by atoms with Gasteiger partial charge in [-0.3, -0.25) is 0 Å². The van der Waals surface area contributed by atoms with Gasteiger partial charge < -0.3 is 4.74 Å². The van der Waals surface area contributed by atoms with Crippen LogP contribution < -0.4 is 4.74 Å². The van der Waals surface area contributed by atoms with E-state index in [0.29, 0.717) is 12.5 Å². The van der Waals surface area contributed by atoms with Gasteiger partial charge in [0.2, 0.25) is 5.88 Å². The van der Waals surface area contributed by atoms with Crippen LogP contribution in [0.15, 0.2) is 36.4 Å². The van der Waals surface area contributed by atoms with Crippen LogP contribution in [0.4, 0.5) is 0 Å². The van der Waals surface area contributed by atoms with E-state index in [4.69, 9.17) is 4.74 Å². The van der Waals surface area contributed by atoms with Gasteiger partial charge in [-0.2, -0.15) is 0 Å². The molecule has 1 heterocycles. The second-order valence-corrected chi connectivity index (χ2v) is 7.60. The third-order valence-electron chi connectivity index (χ3n) is 5.69. The lowest BCUT2D eigenvalue weighted by molar-refractivity contribution is 0.252. The molecule has 2 aromatic rings. The Morgan fingerprint density at radius 2 is 1.54 bits per heavy atom. The third-order valence-corrected chi connectivity index (χ3v) is 5.69. The zero-order valence-corrected chi connectivity index (χ0v) is 16.3. The third kappa shape index (κ3) is 5.30. The van der Waals surface area contributed by atoms with Gasteiger partial charge in [0.25, 0.3) is 0 Å². The second kappa shape index (κ2) is 9.70. The number of hydrogen-bond donors (Lipinski definition) is 0. The van der Waals surface area contributed by atoms with Gasteiger partial charge in [-0.05, 0) is 43.2 Å². The van der Waals surface area contributed by atoms with Crippen molar-refractivity contribution in [3.8, 4) is 17.1 Å². The Morgan fingerprint density at radius 1 is 0.846 bits per heavy atom. The van der Waals surface area contributed by atoms with Crippen LogP contribution in [-0.4, -0.2) is 16.8 Å². The van der Waals surface area contributed by atoms with Crippen molar-refractivity contribution in [2.75, 3.05) is 6.61 Å². The standard InChI is InChI=1S/C23H32N2O/c1-3-5-18-6-8-19(9-7-18)10-11-20-12-14-21(15-13-20)22-16-17-23(25-24-22)26-4-2/h12-19H,3-11H2,1-2H3/t18-,19-. The normalized spacial score (nSPS) is 20.1. The molecule has 3 nitrogen and oxygen atoms in total. The Labute approximate surface area is 158 Å². The molecule has 0 aliphatic heterocycles. The molecule has 1 aliphatic rings. The number of aromatic nitrogens is 2. The van der Waals surface area contributed by atoms with Crippen molar-refractivity contribution < 1.29 is 4.74 Å². The maximum absolute atomic E-state index is 5.35. The number of hydrogen-bond acceptors (Lipinski definition) is 3. The highest BCUT2D eigenvalue weighted by molar-refractivity contribution is 5.59. The molecule has 0 spiro atoms. The van der Waals surface area contributed by atoms with Crippen LogP contribution in [0.3, 0.4) is 0 Å². The minimum Gasteiger partial charge on any atom is -0.477 e. The fourth-order valence-electron chi connectivity index (χ4n) is 4.13. The minimum absolute atomic E-state index is 0.585. The van der Waals surface area contributed by atoms with Crippen molar-refractivity contribution in [3.05, 3.63) is 42.0 Å². The van der Waals surface area contributed by atoms with Crippen LogP contribution in [0.1, 0.15) is 64.4 Å². The van der Waals surface area contributed by atoms with Gasteiger partial charge in [0.1, 0.15) is 0 Å². The van der Waals surface area contributed by atoms with Crippen LogP contribution in [0, 0.1) is 11.8 Å². The average Bonchev–Trinajstić information content (AvgIpc) is 2.69. The van der Waals surface area contributed by atoms with Gasteiger partial charge >= 0.3 is 0 Å². The summed E-state index contributed by atoms with van der Waals surface area (Å²) in [6.07, 6.45) is 11.1. The van der Waals surface area contributed by atoms with Crippen molar-refractivity contribution in [3.63, 3.8) is 0 Å². The molecule has 1 aromatic heterocycles. The quantitative estimate of drug-likeness (QED) is 0.577. The highest BCUT2D eigenvalue weighted by atomic mass is 16.5. The Hall–Kier alpha value is -1.90. The summed E-state index contributed by atoms with van der Waals surface area (Å²) in [4.78, 5) is 0. The largest absolute Gasteiger partial charge is 0.477 e. The number of benzene rings is 1. The molecule has 1 saturated carbocycles. The maximum Gasteiger partial charge on any atom is 0.233 e. The second-order valence-electron chi connectivity index (χ2n) is 7.60. The van der Waals surface area contributed by atoms with Crippen molar-refractivity contribution in [1.82, 2.24) is 10.2 Å². The van der Waals surface area contributed by atoms with Gasteiger partial charge in [-0.1, -0.05) is 69.7 Å². The van der Waals surface area contributed by atoms with E-state index in [1.165, 1.54) is 56.9 Å². The summed E-state index contributed by atoms with van der Waals surface area (Å²) in [6, 6.07) is 12.7. The Bertz CT molecular complexity index is 643. The molecule has 140 valence electrons. The van der Waals surface area contributed by atoms with Crippen LogP contribution >= 0.6 is 0 Å². The van der Waals surface area contributed by atoms with E-state index >= 15 is 0 Å². The van der Waals surface area contributed by atoms with E-state index in [1.54, 1.807) is 0 Å². The SMILES string of the molecule is CCC[C@H]1CC[C@H](CCc2ccc(-c3ccc(OCC)nn3)cc2)CC1. The van der Waals surface area contributed by atoms with Crippen LogP contribution in [0.2, 0.25) is 0 Å². The van der Waals surface area contributed by atoms with E-state index in [2.05, 4.69) is 41.4 Å². The van der Waals surface area contributed by atoms with Gasteiger partial charge in [0.05, 0.1) is 12.3 Å². The van der Waals surface area contributed by atoms with E-state index < -0.39 is 0 Å². The molecular formula is C23H32N2O. The highest BCUT2D eigenvalue weighted by Crippen LogP contribution is 2.33.